The van der Waals surface area contributed by atoms with Gasteiger partial charge in [-0.25, -0.2) is 0 Å². The normalized spacial score (nSPS) is 16.2. The van der Waals surface area contributed by atoms with Gasteiger partial charge in [-0.15, -0.1) is 0 Å². The van der Waals surface area contributed by atoms with E-state index in [4.69, 9.17) is 5.73 Å². The zero-order chi connectivity index (χ0) is 13.2. The molecule has 4 nitrogen and oxygen atoms in total. The first-order valence-corrected chi connectivity index (χ1v) is 6.86. The van der Waals surface area contributed by atoms with Crippen LogP contribution < -0.4 is 11.3 Å². The van der Waals surface area contributed by atoms with E-state index in [1.54, 1.807) is 4.57 Å². The van der Waals surface area contributed by atoms with Crippen LogP contribution >= 0.6 is 0 Å². The number of nitrogen functional groups attached to an aromatic ring is 1. The number of hydrogen-bond donors (Lipinski definition) is 1. The zero-order valence-electron chi connectivity index (χ0n) is 11.0. The average Bonchev–Trinajstić information content (AvgIpc) is 2.92. The Morgan fingerprint density at radius 3 is 2.63 bits per heavy atom. The highest BCUT2D eigenvalue weighted by atomic mass is 16.1. The molecule has 0 radical (unpaired) electrons. The van der Waals surface area contributed by atoms with Gasteiger partial charge < -0.3 is 10.6 Å². The van der Waals surface area contributed by atoms with Gasteiger partial charge >= 0.3 is 0 Å². The fourth-order valence-electron chi connectivity index (χ4n) is 2.80. The van der Waals surface area contributed by atoms with Gasteiger partial charge in [-0.1, -0.05) is 18.2 Å². The summed E-state index contributed by atoms with van der Waals surface area (Å²) < 4.78 is 1.70. The van der Waals surface area contributed by atoms with Crippen molar-refractivity contribution in [2.24, 2.45) is 0 Å². The van der Waals surface area contributed by atoms with E-state index in [9.17, 15) is 4.79 Å². The highest BCUT2D eigenvalue weighted by molar-refractivity contribution is 5.83. The molecular weight excluding hydrogens is 238 g/mol. The van der Waals surface area contributed by atoms with E-state index in [1.165, 1.54) is 12.8 Å². The van der Waals surface area contributed by atoms with Gasteiger partial charge in [0.1, 0.15) is 5.82 Å². The number of aromatic nitrogens is 1. The topological polar surface area (TPSA) is 51.3 Å². The first kappa shape index (κ1) is 12.2. The standard InChI is InChI=1S/C15H19N3O/c16-14-11-12-5-1-2-6-13(12)15(19)18(14)10-9-17-7-3-4-8-17/h1-2,5-6,11H,3-4,7-10,16H2. The lowest BCUT2D eigenvalue weighted by Crippen LogP contribution is -2.30. The molecule has 2 aromatic rings. The number of pyridine rings is 1. The molecule has 19 heavy (non-hydrogen) atoms. The van der Waals surface area contributed by atoms with Crippen molar-refractivity contribution in [2.45, 2.75) is 19.4 Å². The number of rotatable bonds is 3. The van der Waals surface area contributed by atoms with Crippen molar-refractivity contribution in [2.75, 3.05) is 25.4 Å². The van der Waals surface area contributed by atoms with Crippen LogP contribution in [0.5, 0.6) is 0 Å². The summed E-state index contributed by atoms with van der Waals surface area (Å²) in [7, 11) is 0. The van der Waals surface area contributed by atoms with Crippen molar-refractivity contribution in [1.82, 2.24) is 9.47 Å². The number of nitrogens with zero attached hydrogens (tertiary/aromatic N) is 2. The molecule has 0 amide bonds. The minimum absolute atomic E-state index is 0.0230. The number of anilines is 1. The fraction of sp³-hybridized carbons (Fsp3) is 0.400. The Kier molecular flexibility index (Phi) is 3.25. The maximum atomic E-state index is 12.4. The van der Waals surface area contributed by atoms with Gasteiger partial charge in [-0.2, -0.15) is 0 Å². The molecule has 0 unspecified atom stereocenters. The van der Waals surface area contributed by atoms with Crippen molar-refractivity contribution in [3.63, 3.8) is 0 Å². The molecule has 2 heterocycles. The van der Waals surface area contributed by atoms with Gasteiger partial charge in [-0.05, 0) is 43.5 Å². The highest BCUT2D eigenvalue weighted by Gasteiger charge is 2.12. The zero-order valence-corrected chi connectivity index (χ0v) is 11.0. The molecule has 1 aliphatic heterocycles. The second-order valence-corrected chi connectivity index (χ2v) is 5.16. The monoisotopic (exact) mass is 257 g/mol. The Balaban J connectivity index is 1.91. The van der Waals surface area contributed by atoms with Crippen molar-refractivity contribution in [1.29, 1.82) is 0 Å². The molecule has 4 heteroatoms. The number of fused-ring (bicyclic) bond motifs is 1. The van der Waals surface area contributed by atoms with E-state index in [1.807, 2.05) is 30.3 Å². The minimum atomic E-state index is 0.0230. The van der Waals surface area contributed by atoms with Crippen LogP contribution in [0, 0.1) is 0 Å². The van der Waals surface area contributed by atoms with Gasteiger partial charge in [-0.3, -0.25) is 9.36 Å². The summed E-state index contributed by atoms with van der Waals surface area (Å²) in [5.41, 5.74) is 6.04. The van der Waals surface area contributed by atoms with Crippen LogP contribution in [0.1, 0.15) is 12.8 Å². The third-order valence-electron chi connectivity index (χ3n) is 3.89. The quantitative estimate of drug-likeness (QED) is 0.910. The van der Waals surface area contributed by atoms with Gasteiger partial charge in [0.25, 0.3) is 5.56 Å². The van der Waals surface area contributed by atoms with Gasteiger partial charge in [0, 0.05) is 18.5 Å². The Morgan fingerprint density at radius 2 is 1.84 bits per heavy atom. The van der Waals surface area contributed by atoms with Crippen molar-refractivity contribution < 1.29 is 0 Å². The van der Waals surface area contributed by atoms with Crippen LogP contribution in [-0.2, 0) is 6.54 Å². The lowest BCUT2D eigenvalue weighted by Gasteiger charge is -2.17. The molecule has 1 fully saturated rings. The third kappa shape index (κ3) is 2.36. The van der Waals surface area contributed by atoms with Crippen molar-refractivity contribution in [3.05, 3.63) is 40.7 Å². The van der Waals surface area contributed by atoms with Crippen LogP contribution in [-0.4, -0.2) is 29.1 Å². The number of hydrogen-bond acceptors (Lipinski definition) is 3. The lowest BCUT2D eigenvalue weighted by molar-refractivity contribution is 0.322. The lowest BCUT2D eigenvalue weighted by atomic mass is 10.1. The summed E-state index contributed by atoms with van der Waals surface area (Å²) in [6.45, 7) is 3.86. The van der Waals surface area contributed by atoms with Crippen molar-refractivity contribution in [3.8, 4) is 0 Å². The predicted molar refractivity (Wildman–Crippen MR) is 78.3 cm³/mol. The first-order valence-electron chi connectivity index (χ1n) is 6.86. The molecular formula is C15H19N3O. The van der Waals surface area contributed by atoms with Crippen LogP contribution in [0.2, 0.25) is 0 Å². The fourth-order valence-corrected chi connectivity index (χ4v) is 2.80. The van der Waals surface area contributed by atoms with Crippen LogP contribution in [0.25, 0.3) is 10.8 Å². The summed E-state index contributed by atoms with van der Waals surface area (Å²) in [5.74, 6) is 0.558. The molecule has 1 saturated heterocycles. The molecule has 1 aromatic carbocycles. The van der Waals surface area contributed by atoms with Crippen LogP contribution in [0.3, 0.4) is 0 Å². The smallest absolute Gasteiger partial charge is 0.260 e. The maximum absolute atomic E-state index is 12.4. The summed E-state index contributed by atoms with van der Waals surface area (Å²) in [6, 6.07) is 9.50. The van der Waals surface area contributed by atoms with Gasteiger partial charge in [0.2, 0.25) is 0 Å². The molecule has 100 valence electrons. The first-order chi connectivity index (χ1) is 9.25. The van der Waals surface area contributed by atoms with E-state index in [2.05, 4.69) is 4.90 Å². The van der Waals surface area contributed by atoms with Crippen molar-refractivity contribution >= 4 is 16.6 Å². The van der Waals surface area contributed by atoms with E-state index >= 15 is 0 Å². The average molecular weight is 257 g/mol. The third-order valence-corrected chi connectivity index (χ3v) is 3.89. The van der Waals surface area contributed by atoms with E-state index < -0.39 is 0 Å². The summed E-state index contributed by atoms with van der Waals surface area (Å²) in [6.07, 6.45) is 2.53. The molecule has 3 rings (SSSR count). The molecule has 0 atom stereocenters. The molecule has 0 bridgehead atoms. The largest absolute Gasteiger partial charge is 0.385 e. The molecule has 2 N–H and O–H groups in total. The van der Waals surface area contributed by atoms with Crippen LogP contribution in [0.4, 0.5) is 5.82 Å². The molecule has 0 saturated carbocycles. The Labute approximate surface area is 112 Å². The summed E-state index contributed by atoms with van der Waals surface area (Å²) >= 11 is 0. The number of nitrogens with two attached hydrogens (primary N) is 1. The predicted octanol–water partition coefficient (Wildman–Crippen LogP) is 1.68. The number of likely N-dealkylation sites (tertiary alicyclic amines) is 1. The summed E-state index contributed by atoms with van der Waals surface area (Å²) in [5, 5.41) is 1.67. The molecule has 0 aliphatic carbocycles. The Bertz CT molecular complexity index is 641. The maximum Gasteiger partial charge on any atom is 0.260 e. The van der Waals surface area contributed by atoms with Crippen LogP contribution in [0.15, 0.2) is 35.1 Å². The van der Waals surface area contributed by atoms with Gasteiger partial charge in [0.05, 0.1) is 0 Å². The Hall–Kier alpha value is -1.81. The second-order valence-electron chi connectivity index (χ2n) is 5.16. The highest BCUT2D eigenvalue weighted by Crippen LogP contribution is 2.14. The van der Waals surface area contributed by atoms with E-state index in [0.29, 0.717) is 12.4 Å². The van der Waals surface area contributed by atoms with E-state index in [0.717, 1.165) is 30.4 Å². The minimum Gasteiger partial charge on any atom is -0.385 e. The summed E-state index contributed by atoms with van der Waals surface area (Å²) in [4.78, 5) is 14.8. The number of benzene rings is 1. The molecule has 1 aliphatic rings. The Morgan fingerprint density at radius 1 is 1.11 bits per heavy atom. The SMILES string of the molecule is Nc1cc2ccccc2c(=O)n1CCN1CCCC1. The second kappa shape index (κ2) is 5.05. The molecule has 1 aromatic heterocycles. The van der Waals surface area contributed by atoms with Gasteiger partial charge in [0.15, 0.2) is 0 Å². The van der Waals surface area contributed by atoms with E-state index in [-0.39, 0.29) is 5.56 Å². The molecule has 0 spiro atoms.